The van der Waals surface area contributed by atoms with Crippen molar-refractivity contribution in [3.05, 3.63) is 35.4 Å². The molecule has 6 heteroatoms. The number of carbonyl (C=O) groups excluding carboxylic acids is 1. The quantitative estimate of drug-likeness (QED) is 0.803. The lowest BCUT2D eigenvalue weighted by Gasteiger charge is -2.41. The Morgan fingerprint density at radius 2 is 1.92 bits per heavy atom. The molecule has 4 nitrogen and oxygen atoms in total. The van der Waals surface area contributed by atoms with Gasteiger partial charge in [-0.05, 0) is 44.7 Å². The standard InChI is InChI=1S/C18H29N3O.2ClH/c1-14(19)8-9-17(22)20-13-18(2,3)21-11-10-15-6-4-5-7-16(15)12-21;;/h4-7,14H,8-13,19H2,1-3H3,(H,20,22);2*1H. The monoisotopic (exact) mass is 375 g/mol. The molecule has 1 amide bonds. The molecule has 0 fully saturated rings. The zero-order valence-electron chi connectivity index (χ0n) is 14.9. The second-order valence-electron chi connectivity index (χ2n) is 7.05. The highest BCUT2D eigenvalue weighted by Gasteiger charge is 2.29. The number of fused-ring (bicyclic) bond motifs is 1. The number of benzene rings is 1. The minimum atomic E-state index is -0.0441. The molecule has 1 unspecified atom stereocenters. The first-order valence-electron chi connectivity index (χ1n) is 8.22. The Bertz CT molecular complexity index is 521. The van der Waals surface area contributed by atoms with Crippen LogP contribution in [0, 0.1) is 0 Å². The van der Waals surface area contributed by atoms with Gasteiger partial charge in [0.25, 0.3) is 0 Å². The van der Waals surface area contributed by atoms with Gasteiger partial charge in [-0.25, -0.2) is 0 Å². The molecular weight excluding hydrogens is 345 g/mol. The second kappa shape index (κ2) is 10.2. The summed E-state index contributed by atoms with van der Waals surface area (Å²) in [6.45, 7) is 9.01. The summed E-state index contributed by atoms with van der Waals surface area (Å²) >= 11 is 0. The molecule has 1 heterocycles. The summed E-state index contributed by atoms with van der Waals surface area (Å²) in [5, 5.41) is 3.06. The Hall–Kier alpha value is -0.810. The van der Waals surface area contributed by atoms with Crippen molar-refractivity contribution in [1.29, 1.82) is 0 Å². The Kier molecular flexibility index (Phi) is 9.90. The third-order valence-corrected chi connectivity index (χ3v) is 4.53. The van der Waals surface area contributed by atoms with Gasteiger partial charge >= 0.3 is 0 Å². The number of hydrogen-bond acceptors (Lipinski definition) is 3. The van der Waals surface area contributed by atoms with Crippen molar-refractivity contribution in [3.8, 4) is 0 Å². The Morgan fingerprint density at radius 1 is 1.29 bits per heavy atom. The number of rotatable bonds is 6. The largest absolute Gasteiger partial charge is 0.354 e. The first-order valence-corrected chi connectivity index (χ1v) is 8.22. The van der Waals surface area contributed by atoms with E-state index < -0.39 is 0 Å². The molecule has 0 bridgehead atoms. The lowest BCUT2D eigenvalue weighted by Crippen LogP contribution is -2.53. The van der Waals surface area contributed by atoms with Crippen LogP contribution in [0.3, 0.4) is 0 Å². The highest BCUT2D eigenvalue weighted by Crippen LogP contribution is 2.24. The summed E-state index contributed by atoms with van der Waals surface area (Å²) < 4.78 is 0. The lowest BCUT2D eigenvalue weighted by atomic mass is 9.94. The van der Waals surface area contributed by atoms with Crippen LogP contribution in [0.4, 0.5) is 0 Å². The number of nitrogens with one attached hydrogen (secondary N) is 1. The van der Waals surface area contributed by atoms with Gasteiger partial charge in [-0.3, -0.25) is 9.69 Å². The average Bonchev–Trinajstić information content (AvgIpc) is 2.50. The van der Waals surface area contributed by atoms with Gasteiger partial charge in [0, 0.05) is 37.6 Å². The first kappa shape index (κ1) is 23.2. The van der Waals surface area contributed by atoms with E-state index >= 15 is 0 Å². The molecule has 0 spiro atoms. The van der Waals surface area contributed by atoms with Crippen LogP contribution in [0.1, 0.15) is 44.7 Å². The molecule has 138 valence electrons. The van der Waals surface area contributed by atoms with Gasteiger partial charge in [0.05, 0.1) is 0 Å². The molecular formula is C18H31Cl2N3O. The maximum Gasteiger partial charge on any atom is 0.220 e. The molecule has 1 aromatic rings. The summed E-state index contributed by atoms with van der Waals surface area (Å²) in [6, 6.07) is 8.72. The molecule has 0 aromatic heterocycles. The van der Waals surface area contributed by atoms with Gasteiger partial charge in [-0.1, -0.05) is 24.3 Å². The molecule has 2 rings (SSSR count). The van der Waals surface area contributed by atoms with Gasteiger partial charge < -0.3 is 11.1 Å². The van der Waals surface area contributed by atoms with Gasteiger partial charge in [0.1, 0.15) is 0 Å². The van der Waals surface area contributed by atoms with Gasteiger partial charge in [0.2, 0.25) is 5.91 Å². The topological polar surface area (TPSA) is 58.4 Å². The van der Waals surface area contributed by atoms with Crippen molar-refractivity contribution in [2.75, 3.05) is 13.1 Å². The number of carbonyl (C=O) groups is 1. The summed E-state index contributed by atoms with van der Waals surface area (Å²) in [5.41, 5.74) is 8.51. The number of hydrogen-bond donors (Lipinski definition) is 2. The van der Waals surface area contributed by atoms with E-state index in [2.05, 4.69) is 48.3 Å². The first-order chi connectivity index (χ1) is 10.4. The number of amides is 1. The molecule has 1 aliphatic rings. The SMILES string of the molecule is CC(N)CCC(=O)NCC(C)(C)N1CCc2ccccc2C1.Cl.Cl. The Morgan fingerprint density at radius 3 is 2.54 bits per heavy atom. The van der Waals surface area contributed by atoms with Crippen LogP contribution in [0.2, 0.25) is 0 Å². The molecule has 24 heavy (non-hydrogen) atoms. The molecule has 1 atom stereocenters. The normalized spacial score (nSPS) is 15.5. The van der Waals surface area contributed by atoms with Crippen molar-refractivity contribution in [1.82, 2.24) is 10.2 Å². The van der Waals surface area contributed by atoms with E-state index in [4.69, 9.17) is 5.73 Å². The van der Waals surface area contributed by atoms with Gasteiger partial charge in [-0.2, -0.15) is 0 Å². The summed E-state index contributed by atoms with van der Waals surface area (Å²) in [6.07, 6.45) is 2.33. The molecule has 1 aliphatic heterocycles. The summed E-state index contributed by atoms with van der Waals surface area (Å²) in [4.78, 5) is 14.3. The van der Waals surface area contributed by atoms with Crippen LogP contribution in [0.5, 0.6) is 0 Å². The van der Waals surface area contributed by atoms with E-state index in [9.17, 15) is 4.79 Å². The maximum atomic E-state index is 11.9. The van der Waals surface area contributed by atoms with Crippen molar-refractivity contribution in [2.45, 2.75) is 58.2 Å². The van der Waals surface area contributed by atoms with Crippen LogP contribution in [0.25, 0.3) is 0 Å². The van der Waals surface area contributed by atoms with Crippen molar-refractivity contribution < 1.29 is 4.79 Å². The third kappa shape index (κ3) is 6.60. The summed E-state index contributed by atoms with van der Waals surface area (Å²) in [7, 11) is 0. The van der Waals surface area contributed by atoms with Crippen molar-refractivity contribution in [2.24, 2.45) is 5.73 Å². The maximum absolute atomic E-state index is 11.9. The van der Waals surface area contributed by atoms with E-state index in [-0.39, 0.29) is 42.3 Å². The van der Waals surface area contributed by atoms with E-state index in [1.54, 1.807) is 0 Å². The molecule has 0 radical (unpaired) electrons. The molecule has 1 aromatic carbocycles. The van der Waals surface area contributed by atoms with Gasteiger partial charge in [0.15, 0.2) is 0 Å². The third-order valence-electron chi connectivity index (χ3n) is 4.53. The van der Waals surface area contributed by atoms with E-state index in [0.717, 1.165) is 25.9 Å². The average molecular weight is 376 g/mol. The number of halogens is 2. The second-order valence-corrected chi connectivity index (χ2v) is 7.05. The lowest BCUT2D eigenvalue weighted by molar-refractivity contribution is -0.121. The zero-order valence-corrected chi connectivity index (χ0v) is 16.5. The zero-order chi connectivity index (χ0) is 16.2. The minimum absolute atomic E-state index is 0. The van der Waals surface area contributed by atoms with E-state index in [1.807, 2.05) is 6.92 Å². The molecule has 0 saturated carbocycles. The number of nitrogens with zero attached hydrogens (tertiary/aromatic N) is 1. The Balaban J connectivity index is 0.00000264. The highest BCUT2D eigenvalue weighted by atomic mass is 35.5. The molecule has 0 saturated heterocycles. The fourth-order valence-electron chi connectivity index (χ4n) is 2.89. The van der Waals surface area contributed by atoms with Crippen molar-refractivity contribution in [3.63, 3.8) is 0 Å². The molecule has 0 aliphatic carbocycles. The van der Waals surface area contributed by atoms with Crippen LogP contribution >= 0.6 is 24.8 Å². The van der Waals surface area contributed by atoms with Crippen LogP contribution in [0.15, 0.2) is 24.3 Å². The fourth-order valence-corrected chi connectivity index (χ4v) is 2.89. The Labute approximate surface area is 158 Å². The van der Waals surface area contributed by atoms with Crippen LogP contribution in [-0.2, 0) is 17.8 Å². The van der Waals surface area contributed by atoms with Crippen molar-refractivity contribution >= 4 is 30.7 Å². The van der Waals surface area contributed by atoms with Gasteiger partial charge in [-0.15, -0.1) is 24.8 Å². The summed E-state index contributed by atoms with van der Waals surface area (Å²) in [5.74, 6) is 0.0998. The van der Waals surface area contributed by atoms with Crippen LogP contribution in [-0.4, -0.2) is 35.5 Å². The van der Waals surface area contributed by atoms with E-state index in [0.29, 0.717) is 13.0 Å². The number of nitrogens with two attached hydrogens (primary N) is 1. The van der Waals surface area contributed by atoms with E-state index in [1.165, 1.54) is 11.1 Å². The predicted molar refractivity (Wildman–Crippen MR) is 105 cm³/mol. The fraction of sp³-hybridized carbons (Fsp3) is 0.611. The van der Waals surface area contributed by atoms with Crippen LogP contribution < -0.4 is 11.1 Å². The predicted octanol–water partition coefficient (Wildman–Crippen LogP) is 2.91. The highest BCUT2D eigenvalue weighted by molar-refractivity contribution is 5.85. The smallest absolute Gasteiger partial charge is 0.220 e. The molecule has 3 N–H and O–H groups in total. The minimum Gasteiger partial charge on any atom is -0.354 e.